The van der Waals surface area contributed by atoms with Crippen molar-refractivity contribution in [2.24, 2.45) is 0 Å². The van der Waals surface area contributed by atoms with Gasteiger partial charge >= 0.3 is 0 Å². The van der Waals surface area contributed by atoms with Crippen molar-refractivity contribution in [1.82, 2.24) is 9.13 Å². The standard InChI is InChI=1S/C63H45N3.C7H8/c1-63(2)54-28-12-9-23-52(54)61-55(63)29-17-33-59(61)64(46-38-34-42(35-39-46)48-25-16-32-58-60(48)53-24-11-14-31-57(53)65(58)44-18-5-3-6-19-44)47-40-36-43(37-41-47)49-26-15-27-51-50-22-10-13-30-56(50)66(62(49)51)45-20-7-4-8-21-45;1-7-5-3-2-4-6-7/h3-41H,1-2H3;2-6H,1H3. The molecule has 73 heavy (non-hydrogen) atoms. The minimum Gasteiger partial charge on any atom is -0.310 e. The number of aromatic nitrogens is 2. The lowest BCUT2D eigenvalue weighted by atomic mass is 9.82. The maximum atomic E-state index is 2.47. The van der Waals surface area contributed by atoms with Gasteiger partial charge in [0.25, 0.3) is 0 Å². The van der Waals surface area contributed by atoms with Gasteiger partial charge in [-0.1, -0.05) is 214 Å². The molecule has 1 aliphatic carbocycles. The summed E-state index contributed by atoms with van der Waals surface area (Å²) in [6.07, 6.45) is 0. The van der Waals surface area contributed by atoms with Crippen molar-refractivity contribution >= 4 is 60.7 Å². The zero-order chi connectivity index (χ0) is 49.0. The van der Waals surface area contributed by atoms with Gasteiger partial charge in [0.2, 0.25) is 0 Å². The third-order valence-electron chi connectivity index (χ3n) is 15.1. The molecule has 0 spiro atoms. The van der Waals surface area contributed by atoms with Crippen LogP contribution in [0.15, 0.2) is 267 Å². The number of anilines is 3. The zero-order valence-corrected chi connectivity index (χ0v) is 41.2. The van der Waals surface area contributed by atoms with Crippen LogP contribution in [-0.4, -0.2) is 9.13 Å². The summed E-state index contributed by atoms with van der Waals surface area (Å²) in [6, 6.07) is 97.0. The molecule has 0 aliphatic heterocycles. The highest BCUT2D eigenvalue weighted by molar-refractivity contribution is 6.16. The first-order valence-corrected chi connectivity index (χ1v) is 25.4. The van der Waals surface area contributed by atoms with Gasteiger partial charge in [0.15, 0.2) is 0 Å². The maximum Gasteiger partial charge on any atom is 0.0619 e. The summed E-state index contributed by atoms with van der Waals surface area (Å²) in [5.41, 5.74) is 21.8. The van der Waals surface area contributed by atoms with Crippen molar-refractivity contribution in [3.8, 4) is 44.8 Å². The molecule has 348 valence electrons. The first-order valence-electron chi connectivity index (χ1n) is 25.4. The van der Waals surface area contributed by atoms with Crippen molar-refractivity contribution < 1.29 is 0 Å². The van der Waals surface area contributed by atoms with Crippen LogP contribution < -0.4 is 4.90 Å². The molecule has 0 bridgehead atoms. The Hall–Kier alpha value is -9.18. The highest BCUT2D eigenvalue weighted by Crippen LogP contribution is 2.54. The Labute approximate surface area is 427 Å². The number of aryl methyl sites for hydroxylation is 1. The average molecular weight is 936 g/mol. The van der Waals surface area contributed by atoms with E-state index in [2.05, 4.69) is 284 Å². The van der Waals surface area contributed by atoms with E-state index in [0.29, 0.717) is 0 Å². The van der Waals surface area contributed by atoms with Crippen molar-refractivity contribution in [1.29, 1.82) is 0 Å². The van der Waals surface area contributed by atoms with Crippen LogP contribution in [-0.2, 0) is 5.41 Å². The quantitative estimate of drug-likeness (QED) is 0.155. The molecule has 14 rings (SSSR count). The Kier molecular flexibility index (Phi) is 10.7. The smallest absolute Gasteiger partial charge is 0.0619 e. The summed E-state index contributed by atoms with van der Waals surface area (Å²) < 4.78 is 4.82. The molecule has 13 aromatic rings. The number of hydrogen-bond donors (Lipinski definition) is 0. The van der Waals surface area contributed by atoms with Crippen LogP contribution in [0.25, 0.3) is 88.4 Å². The monoisotopic (exact) mass is 935 g/mol. The third kappa shape index (κ3) is 7.35. The van der Waals surface area contributed by atoms with E-state index >= 15 is 0 Å². The first-order chi connectivity index (χ1) is 35.9. The van der Waals surface area contributed by atoms with E-state index in [-0.39, 0.29) is 5.41 Å². The lowest BCUT2D eigenvalue weighted by Gasteiger charge is -2.29. The SMILES string of the molecule is CC1(C)c2ccccc2-c2c(N(c3ccc(-c4cccc5c4c4ccccc4n5-c4ccccc4)cc3)c3ccc(-c4cccc5c6ccccc6n(-c6ccccc6)c45)cc3)cccc21.Cc1ccccc1. The Morgan fingerprint density at radius 1 is 0.342 bits per heavy atom. The molecule has 2 heterocycles. The summed E-state index contributed by atoms with van der Waals surface area (Å²) in [4.78, 5) is 2.47. The molecule has 0 N–H and O–H groups in total. The summed E-state index contributed by atoms with van der Waals surface area (Å²) in [5.74, 6) is 0. The largest absolute Gasteiger partial charge is 0.310 e. The molecule has 11 aromatic carbocycles. The highest BCUT2D eigenvalue weighted by Gasteiger charge is 2.37. The van der Waals surface area contributed by atoms with Gasteiger partial charge in [-0.15, -0.1) is 0 Å². The van der Waals surface area contributed by atoms with E-state index in [1.54, 1.807) is 0 Å². The van der Waals surface area contributed by atoms with E-state index in [9.17, 15) is 0 Å². The van der Waals surface area contributed by atoms with Crippen molar-refractivity contribution in [2.45, 2.75) is 26.2 Å². The van der Waals surface area contributed by atoms with Crippen LogP contribution in [0.1, 0.15) is 30.5 Å². The minimum absolute atomic E-state index is 0.130. The molecular formula is C70H53N3. The molecule has 0 saturated heterocycles. The Morgan fingerprint density at radius 3 is 1.47 bits per heavy atom. The van der Waals surface area contributed by atoms with Crippen LogP contribution >= 0.6 is 0 Å². The van der Waals surface area contributed by atoms with Gasteiger partial charge in [-0.2, -0.15) is 0 Å². The fourth-order valence-electron chi connectivity index (χ4n) is 11.7. The molecule has 1 aliphatic rings. The van der Waals surface area contributed by atoms with Crippen molar-refractivity contribution in [3.63, 3.8) is 0 Å². The predicted octanol–water partition coefficient (Wildman–Crippen LogP) is 19.0. The van der Waals surface area contributed by atoms with Crippen molar-refractivity contribution in [3.05, 3.63) is 284 Å². The van der Waals surface area contributed by atoms with Gasteiger partial charge in [0.05, 0.1) is 27.8 Å². The molecule has 0 saturated carbocycles. The second-order valence-electron chi connectivity index (χ2n) is 19.7. The Morgan fingerprint density at radius 2 is 0.808 bits per heavy atom. The fourth-order valence-corrected chi connectivity index (χ4v) is 11.7. The molecule has 0 atom stereocenters. The third-order valence-corrected chi connectivity index (χ3v) is 15.1. The number of para-hydroxylation sites is 5. The van der Waals surface area contributed by atoms with Crippen LogP contribution in [0.4, 0.5) is 17.1 Å². The number of benzene rings is 11. The van der Waals surface area contributed by atoms with E-state index in [0.717, 1.165) is 22.7 Å². The van der Waals surface area contributed by atoms with E-state index in [1.165, 1.54) is 99.4 Å². The lowest BCUT2D eigenvalue weighted by molar-refractivity contribution is 0.660. The molecule has 0 fully saturated rings. The van der Waals surface area contributed by atoms with Crippen LogP contribution in [0, 0.1) is 6.92 Å². The highest BCUT2D eigenvalue weighted by atomic mass is 15.1. The first kappa shape index (κ1) is 43.8. The predicted molar refractivity (Wildman–Crippen MR) is 309 cm³/mol. The summed E-state index contributed by atoms with van der Waals surface area (Å²) >= 11 is 0. The molecule has 3 heteroatoms. The summed E-state index contributed by atoms with van der Waals surface area (Å²) in [6.45, 7) is 6.81. The number of nitrogens with zero attached hydrogens (tertiary/aromatic N) is 3. The lowest BCUT2D eigenvalue weighted by Crippen LogP contribution is -2.16. The molecule has 0 radical (unpaired) electrons. The van der Waals surface area contributed by atoms with Gasteiger partial charge in [-0.3, -0.25) is 0 Å². The second-order valence-corrected chi connectivity index (χ2v) is 19.7. The minimum atomic E-state index is -0.130. The van der Waals surface area contributed by atoms with Crippen LogP contribution in [0.2, 0.25) is 0 Å². The van der Waals surface area contributed by atoms with E-state index in [1.807, 2.05) is 18.2 Å². The van der Waals surface area contributed by atoms with Crippen molar-refractivity contribution in [2.75, 3.05) is 4.90 Å². The Balaban J connectivity index is 0.000000683. The van der Waals surface area contributed by atoms with E-state index in [4.69, 9.17) is 0 Å². The summed E-state index contributed by atoms with van der Waals surface area (Å²) in [5, 5.41) is 5.01. The van der Waals surface area contributed by atoms with E-state index < -0.39 is 0 Å². The topological polar surface area (TPSA) is 13.1 Å². The average Bonchev–Trinajstić information content (AvgIpc) is 4.06. The molecule has 0 amide bonds. The van der Waals surface area contributed by atoms with Gasteiger partial charge in [0.1, 0.15) is 0 Å². The number of rotatable bonds is 7. The van der Waals surface area contributed by atoms with Gasteiger partial charge in [0, 0.05) is 60.8 Å². The number of fused-ring (bicyclic) bond motifs is 9. The molecule has 3 nitrogen and oxygen atoms in total. The maximum absolute atomic E-state index is 2.47. The fraction of sp³-hybridized carbons (Fsp3) is 0.0571. The Bertz CT molecular complexity index is 4140. The van der Waals surface area contributed by atoms with Crippen LogP contribution in [0.3, 0.4) is 0 Å². The molecule has 0 unspecified atom stereocenters. The second kappa shape index (κ2) is 17.9. The van der Waals surface area contributed by atoms with Gasteiger partial charge in [-0.05, 0) is 113 Å². The van der Waals surface area contributed by atoms with Gasteiger partial charge < -0.3 is 14.0 Å². The van der Waals surface area contributed by atoms with Gasteiger partial charge in [-0.25, -0.2) is 0 Å². The summed E-state index contributed by atoms with van der Waals surface area (Å²) in [7, 11) is 0. The normalized spacial score (nSPS) is 12.4. The molecular weight excluding hydrogens is 883 g/mol. The molecule has 2 aromatic heterocycles. The van der Waals surface area contributed by atoms with Crippen LogP contribution in [0.5, 0.6) is 0 Å². The zero-order valence-electron chi connectivity index (χ0n) is 41.2. The number of hydrogen-bond acceptors (Lipinski definition) is 1.